The minimum atomic E-state index is -0.945. The number of carboxylic acid groups (broad SMARTS) is 1. The molecule has 1 saturated heterocycles. The lowest BCUT2D eigenvalue weighted by atomic mass is 9.75. The molecule has 1 N–H and O–H groups in total. The van der Waals surface area contributed by atoms with E-state index < -0.39 is 17.0 Å². The molecule has 0 aromatic heterocycles. The third kappa shape index (κ3) is 5.22. The fourth-order valence-electron chi connectivity index (χ4n) is 3.06. The summed E-state index contributed by atoms with van der Waals surface area (Å²) in [6.07, 6.45) is 2.32. The van der Waals surface area contributed by atoms with Crippen molar-refractivity contribution >= 4 is 12.1 Å². The van der Waals surface area contributed by atoms with Gasteiger partial charge in [-0.05, 0) is 64.2 Å². The summed E-state index contributed by atoms with van der Waals surface area (Å²) in [5, 5.41) is 18.6. The van der Waals surface area contributed by atoms with E-state index in [4.69, 9.17) is 9.84 Å². The number of piperidine rings is 1. The first-order valence-electron chi connectivity index (χ1n) is 8.86. The predicted octanol–water partition coefficient (Wildman–Crippen LogP) is 3.86. The van der Waals surface area contributed by atoms with Crippen LogP contribution in [0.5, 0.6) is 0 Å². The van der Waals surface area contributed by atoms with Crippen LogP contribution in [-0.2, 0) is 11.2 Å². The van der Waals surface area contributed by atoms with Crippen LogP contribution in [0.25, 0.3) is 0 Å². The smallest absolute Gasteiger partial charge is 0.410 e. The average Bonchev–Trinajstić information content (AvgIpc) is 2.59. The number of nitrogens with zero attached hydrogens (tertiary/aromatic N) is 2. The highest BCUT2D eigenvalue weighted by atomic mass is 16.6. The van der Waals surface area contributed by atoms with Crippen molar-refractivity contribution in [3.05, 3.63) is 35.4 Å². The van der Waals surface area contributed by atoms with E-state index in [2.05, 4.69) is 6.07 Å². The van der Waals surface area contributed by atoms with Crippen LogP contribution in [0.15, 0.2) is 24.3 Å². The lowest BCUT2D eigenvalue weighted by Gasteiger charge is -2.37. The highest BCUT2D eigenvalue weighted by Gasteiger charge is 2.37. The molecule has 1 amide bonds. The molecule has 0 aliphatic carbocycles. The van der Waals surface area contributed by atoms with Gasteiger partial charge in [-0.25, -0.2) is 9.59 Å². The van der Waals surface area contributed by atoms with Crippen molar-refractivity contribution in [3.63, 3.8) is 0 Å². The summed E-state index contributed by atoms with van der Waals surface area (Å²) in [5.41, 5.74) is 0.293. The number of rotatable bonds is 4. The van der Waals surface area contributed by atoms with Crippen molar-refractivity contribution in [1.29, 1.82) is 5.26 Å². The Labute approximate surface area is 154 Å². The number of carboxylic acids is 1. The molecule has 26 heavy (non-hydrogen) atoms. The largest absolute Gasteiger partial charge is 0.478 e. The van der Waals surface area contributed by atoms with Gasteiger partial charge in [0.1, 0.15) is 5.60 Å². The van der Waals surface area contributed by atoms with Crippen molar-refractivity contribution in [1.82, 2.24) is 4.90 Å². The lowest BCUT2D eigenvalue weighted by Crippen LogP contribution is -2.45. The highest BCUT2D eigenvalue weighted by Crippen LogP contribution is 2.36. The second kappa shape index (κ2) is 7.77. The molecule has 1 aliphatic rings. The molecule has 2 rings (SSSR count). The predicted molar refractivity (Wildman–Crippen MR) is 96.8 cm³/mol. The van der Waals surface area contributed by atoms with Gasteiger partial charge in [-0.1, -0.05) is 12.1 Å². The minimum absolute atomic E-state index is 0.259. The highest BCUT2D eigenvalue weighted by molar-refractivity contribution is 5.87. The third-order valence-corrected chi connectivity index (χ3v) is 4.70. The van der Waals surface area contributed by atoms with Gasteiger partial charge in [0, 0.05) is 13.1 Å². The van der Waals surface area contributed by atoms with Crippen molar-refractivity contribution < 1.29 is 19.4 Å². The number of ether oxygens (including phenoxy) is 1. The number of nitriles is 1. The molecular weight excluding hydrogens is 332 g/mol. The molecule has 0 atom stereocenters. The second-order valence-electron chi connectivity index (χ2n) is 7.86. The molecule has 0 unspecified atom stereocenters. The molecule has 6 heteroatoms. The van der Waals surface area contributed by atoms with Crippen LogP contribution >= 0.6 is 0 Å². The Bertz CT molecular complexity index is 690. The standard InChI is InChI=1S/C20H26N2O4/c1-19(2,3)26-18(25)22-12-10-20(14-21,11-13-22)9-8-15-4-6-16(7-5-15)17(23)24/h4-7H,8-13H2,1-3H3,(H,23,24). The Balaban J connectivity index is 1.91. The van der Waals surface area contributed by atoms with Gasteiger partial charge in [0.25, 0.3) is 0 Å². The quantitative estimate of drug-likeness (QED) is 0.882. The molecule has 1 aliphatic heterocycles. The molecule has 0 bridgehead atoms. The van der Waals surface area contributed by atoms with E-state index in [1.165, 1.54) is 0 Å². The Morgan fingerprint density at radius 3 is 2.27 bits per heavy atom. The van der Waals surface area contributed by atoms with E-state index in [1.807, 2.05) is 20.8 Å². The van der Waals surface area contributed by atoms with E-state index in [9.17, 15) is 14.9 Å². The van der Waals surface area contributed by atoms with Crippen molar-refractivity contribution in [2.75, 3.05) is 13.1 Å². The zero-order valence-electron chi connectivity index (χ0n) is 15.6. The maximum absolute atomic E-state index is 12.2. The first-order valence-corrected chi connectivity index (χ1v) is 8.86. The van der Waals surface area contributed by atoms with E-state index >= 15 is 0 Å². The average molecular weight is 358 g/mol. The van der Waals surface area contributed by atoms with Crippen LogP contribution in [0.2, 0.25) is 0 Å². The topological polar surface area (TPSA) is 90.6 Å². The monoisotopic (exact) mass is 358 g/mol. The molecule has 140 valence electrons. The van der Waals surface area contributed by atoms with Gasteiger partial charge in [-0.3, -0.25) is 0 Å². The summed E-state index contributed by atoms with van der Waals surface area (Å²) in [7, 11) is 0. The van der Waals surface area contributed by atoms with E-state index in [1.54, 1.807) is 29.2 Å². The van der Waals surface area contributed by atoms with Crippen LogP contribution in [0.4, 0.5) is 4.79 Å². The fraction of sp³-hybridized carbons (Fsp3) is 0.550. The lowest BCUT2D eigenvalue weighted by molar-refractivity contribution is 0.0142. The summed E-state index contributed by atoms with van der Waals surface area (Å²) in [6.45, 7) is 6.54. The summed E-state index contributed by atoms with van der Waals surface area (Å²) >= 11 is 0. The Morgan fingerprint density at radius 1 is 1.23 bits per heavy atom. The maximum atomic E-state index is 12.2. The maximum Gasteiger partial charge on any atom is 0.410 e. The summed E-state index contributed by atoms with van der Waals surface area (Å²) in [5.74, 6) is -0.945. The number of hydrogen-bond acceptors (Lipinski definition) is 4. The summed E-state index contributed by atoms with van der Waals surface area (Å²) < 4.78 is 5.39. The molecule has 1 heterocycles. The number of likely N-dealkylation sites (tertiary alicyclic amines) is 1. The zero-order chi connectivity index (χ0) is 19.4. The molecule has 0 saturated carbocycles. The number of aromatic carboxylic acids is 1. The SMILES string of the molecule is CC(C)(C)OC(=O)N1CCC(C#N)(CCc2ccc(C(=O)O)cc2)CC1. The van der Waals surface area contributed by atoms with Gasteiger partial charge in [0.15, 0.2) is 0 Å². The molecule has 1 aromatic rings. The van der Waals surface area contributed by atoms with Gasteiger partial charge in [-0.2, -0.15) is 5.26 Å². The third-order valence-electron chi connectivity index (χ3n) is 4.70. The minimum Gasteiger partial charge on any atom is -0.478 e. The van der Waals surface area contributed by atoms with Gasteiger partial charge < -0.3 is 14.7 Å². The van der Waals surface area contributed by atoms with Gasteiger partial charge in [0.05, 0.1) is 17.0 Å². The van der Waals surface area contributed by atoms with Crippen molar-refractivity contribution in [3.8, 4) is 6.07 Å². The van der Waals surface area contributed by atoms with Crippen LogP contribution in [-0.4, -0.2) is 40.8 Å². The molecular formula is C20H26N2O4. The molecule has 1 aromatic carbocycles. The first kappa shape index (κ1) is 19.8. The van der Waals surface area contributed by atoms with Crippen molar-refractivity contribution in [2.24, 2.45) is 5.41 Å². The number of hydrogen-bond donors (Lipinski definition) is 1. The summed E-state index contributed by atoms with van der Waals surface area (Å²) in [4.78, 5) is 24.7. The molecule has 0 radical (unpaired) electrons. The Hall–Kier alpha value is -2.55. The molecule has 1 fully saturated rings. The molecule has 6 nitrogen and oxygen atoms in total. The van der Waals surface area contributed by atoms with E-state index in [0.717, 1.165) is 5.56 Å². The van der Waals surface area contributed by atoms with Gasteiger partial charge in [-0.15, -0.1) is 0 Å². The van der Waals surface area contributed by atoms with Crippen LogP contribution in [0.1, 0.15) is 56.0 Å². The van der Waals surface area contributed by atoms with Crippen molar-refractivity contribution in [2.45, 2.75) is 52.1 Å². The Kier molecular flexibility index (Phi) is 5.91. The van der Waals surface area contributed by atoms with Crippen LogP contribution < -0.4 is 0 Å². The number of carbonyl (C=O) groups excluding carboxylic acids is 1. The fourth-order valence-corrected chi connectivity index (χ4v) is 3.06. The Morgan fingerprint density at radius 2 is 1.81 bits per heavy atom. The normalized spacial score (nSPS) is 16.6. The van der Waals surface area contributed by atoms with Crippen LogP contribution in [0.3, 0.4) is 0 Å². The summed E-state index contributed by atoms with van der Waals surface area (Å²) in [6, 6.07) is 9.21. The van der Waals surface area contributed by atoms with E-state index in [-0.39, 0.29) is 11.7 Å². The van der Waals surface area contributed by atoms with Gasteiger partial charge in [0.2, 0.25) is 0 Å². The number of carbonyl (C=O) groups is 2. The number of amides is 1. The van der Waals surface area contributed by atoms with Crippen LogP contribution in [0, 0.1) is 16.7 Å². The first-order chi connectivity index (χ1) is 12.1. The van der Waals surface area contributed by atoms with E-state index in [0.29, 0.717) is 38.8 Å². The number of aryl methyl sites for hydroxylation is 1. The number of benzene rings is 1. The van der Waals surface area contributed by atoms with Gasteiger partial charge >= 0.3 is 12.1 Å². The second-order valence-corrected chi connectivity index (χ2v) is 7.86. The zero-order valence-corrected chi connectivity index (χ0v) is 15.6. The molecule has 0 spiro atoms.